The van der Waals surface area contributed by atoms with E-state index in [0.717, 1.165) is 14.7 Å². The van der Waals surface area contributed by atoms with Crippen molar-refractivity contribution < 1.29 is 14.7 Å². The highest BCUT2D eigenvalue weighted by molar-refractivity contribution is 14.1. The molecule has 5 heteroatoms. The van der Waals surface area contributed by atoms with Crippen LogP contribution in [-0.4, -0.2) is 17.0 Å². The van der Waals surface area contributed by atoms with Gasteiger partial charge in [0.2, 0.25) is 0 Å². The van der Waals surface area contributed by atoms with Crippen molar-refractivity contribution in [1.29, 1.82) is 0 Å². The summed E-state index contributed by atoms with van der Waals surface area (Å²) in [6.45, 7) is 3.83. The van der Waals surface area contributed by atoms with E-state index >= 15 is 0 Å². The summed E-state index contributed by atoms with van der Waals surface area (Å²) < 4.78 is 0.800. The topological polar surface area (TPSA) is 66.4 Å². The van der Waals surface area contributed by atoms with Crippen LogP contribution in [0.4, 0.5) is 5.69 Å². The van der Waals surface area contributed by atoms with Gasteiger partial charge >= 0.3 is 5.97 Å². The lowest BCUT2D eigenvalue weighted by Crippen LogP contribution is -2.15. The zero-order valence-corrected chi connectivity index (χ0v) is 13.8. The van der Waals surface area contributed by atoms with Gasteiger partial charge in [-0.25, -0.2) is 4.79 Å². The average Bonchev–Trinajstić information content (AvgIpc) is 2.39. The third-order valence-electron chi connectivity index (χ3n) is 2.94. The molecule has 2 rings (SSSR count). The molecule has 1 amide bonds. The van der Waals surface area contributed by atoms with E-state index in [4.69, 9.17) is 0 Å². The van der Waals surface area contributed by atoms with Gasteiger partial charge in [-0.3, -0.25) is 4.79 Å². The SMILES string of the molecule is Cc1cc(C)cc(C(=O)Nc2ccc(I)cc2C(=O)O)c1. The van der Waals surface area contributed by atoms with Gasteiger partial charge < -0.3 is 10.4 Å². The Morgan fingerprint density at radius 1 is 1.05 bits per heavy atom. The van der Waals surface area contributed by atoms with Crippen LogP contribution in [-0.2, 0) is 0 Å². The van der Waals surface area contributed by atoms with Crippen LogP contribution in [0.2, 0.25) is 0 Å². The second-order valence-corrected chi connectivity index (χ2v) is 6.07. The number of benzene rings is 2. The highest BCUT2D eigenvalue weighted by Crippen LogP contribution is 2.20. The van der Waals surface area contributed by atoms with Crippen LogP contribution < -0.4 is 5.32 Å². The molecule has 108 valence electrons. The minimum Gasteiger partial charge on any atom is -0.478 e. The van der Waals surface area contributed by atoms with Crippen LogP contribution in [0.3, 0.4) is 0 Å². The number of amides is 1. The summed E-state index contributed by atoms with van der Waals surface area (Å²) in [7, 11) is 0. The van der Waals surface area contributed by atoms with Crippen molar-refractivity contribution in [3.63, 3.8) is 0 Å². The van der Waals surface area contributed by atoms with Gasteiger partial charge in [0.1, 0.15) is 0 Å². The molecule has 0 fully saturated rings. The summed E-state index contributed by atoms with van der Waals surface area (Å²) in [6, 6.07) is 10.4. The highest BCUT2D eigenvalue weighted by atomic mass is 127. The smallest absolute Gasteiger partial charge is 0.337 e. The fraction of sp³-hybridized carbons (Fsp3) is 0.125. The van der Waals surface area contributed by atoms with E-state index in [2.05, 4.69) is 5.32 Å². The largest absolute Gasteiger partial charge is 0.478 e. The number of hydrogen-bond acceptors (Lipinski definition) is 2. The lowest BCUT2D eigenvalue weighted by Gasteiger charge is -2.10. The molecular weight excluding hydrogens is 381 g/mol. The fourth-order valence-corrected chi connectivity index (χ4v) is 2.59. The molecule has 2 aromatic carbocycles. The molecular formula is C16H14INO3. The highest BCUT2D eigenvalue weighted by Gasteiger charge is 2.14. The maximum atomic E-state index is 12.3. The van der Waals surface area contributed by atoms with Gasteiger partial charge in [0.25, 0.3) is 5.91 Å². The van der Waals surface area contributed by atoms with E-state index in [1.807, 2.05) is 42.5 Å². The second kappa shape index (κ2) is 6.26. The Hall–Kier alpha value is -1.89. The van der Waals surface area contributed by atoms with Gasteiger partial charge in [-0.15, -0.1) is 0 Å². The number of carbonyl (C=O) groups excluding carboxylic acids is 1. The summed E-state index contributed by atoms with van der Waals surface area (Å²) >= 11 is 2.03. The van der Waals surface area contributed by atoms with E-state index in [0.29, 0.717) is 11.3 Å². The van der Waals surface area contributed by atoms with E-state index in [-0.39, 0.29) is 11.5 Å². The molecule has 0 spiro atoms. The molecule has 0 aromatic heterocycles. The van der Waals surface area contributed by atoms with E-state index in [1.165, 1.54) is 6.07 Å². The number of aryl methyl sites for hydroxylation is 2. The number of nitrogens with one attached hydrogen (secondary N) is 1. The molecule has 0 aliphatic carbocycles. The molecule has 0 atom stereocenters. The number of aromatic carboxylic acids is 1. The van der Waals surface area contributed by atoms with Crippen molar-refractivity contribution in [2.75, 3.05) is 5.32 Å². The van der Waals surface area contributed by atoms with Crippen LogP contribution in [0, 0.1) is 17.4 Å². The van der Waals surface area contributed by atoms with Gasteiger partial charge in [-0.1, -0.05) is 17.2 Å². The zero-order chi connectivity index (χ0) is 15.6. The maximum absolute atomic E-state index is 12.3. The normalized spacial score (nSPS) is 10.2. The Bertz CT molecular complexity index is 705. The predicted octanol–water partition coefficient (Wildman–Crippen LogP) is 3.86. The first kappa shape index (κ1) is 15.5. The Kier molecular flexibility index (Phi) is 4.62. The molecule has 0 aliphatic heterocycles. The van der Waals surface area contributed by atoms with Crippen molar-refractivity contribution >= 4 is 40.2 Å². The lowest BCUT2D eigenvalue weighted by molar-refractivity contribution is 0.0698. The van der Waals surface area contributed by atoms with Crippen LogP contribution >= 0.6 is 22.6 Å². The molecule has 0 saturated heterocycles. The van der Waals surface area contributed by atoms with Gasteiger partial charge in [-0.2, -0.15) is 0 Å². The molecule has 2 aromatic rings. The first-order valence-corrected chi connectivity index (χ1v) is 7.37. The van der Waals surface area contributed by atoms with E-state index in [9.17, 15) is 14.7 Å². The van der Waals surface area contributed by atoms with Crippen molar-refractivity contribution in [2.45, 2.75) is 13.8 Å². The fourth-order valence-electron chi connectivity index (χ4n) is 2.10. The number of halogens is 1. The molecule has 4 nitrogen and oxygen atoms in total. The lowest BCUT2D eigenvalue weighted by atomic mass is 10.1. The molecule has 0 bridgehead atoms. The van der Waals surface area contributed by atoms with E-state index in [1.54, 1.807) is 24.3 Å². The molecule has 21 heavy (non-hydrogen) atoms. The van der Waals surface area contributed by atoms with Crippen LogP contribution in [0.15, 0.2) is 36.4 Å². The molecule has 0 unspecified atom stereocenters. The second-order valence-electron chi connectivity index (χ2n) is 4.83. The van der Waals surface area contributed by atoms with Gasteiger partial charge in [0, 0.05) is 9.13 Å². The first-order chi connectivity index (χ1) is 9.86. The third-order valence-corrected chi connectivity index (χ3v) is 3.62. The van der Waals surface area contributed by atoms with Crippen molar-refractivity contribution in [1.82, 2.24) is 0 Å². The number of hydrogen-bond donors (Lipinski definition) is 2. The van der Waals surface area contributed by atoms with Gasteiger partial charge in [-0.05, 0) is 66.8 Å². The minimum atomic E-state index is -1.07. The predicted molar refractivity (Wildman–Crippen MR) is 90.0 cm³/mol. The molecule has 0 heterocycles. The van der Waals surface area contributed by atoms with Crippen LogP contribution in [0.25, 0.3) is 0 Å². The molecule has 2 N–H and O–H groups in total. The Balaban J connectivity index is 2.33. The Labute approximate surface area is 136 Å². The maximum Gasteiger partial charge on any atom is 0.337 e. The summed E-state index contributed by atoms with van der Waals surface area (Å²) in [4.78, 5) is 23.5. The third kappa shape index (κ3) is 3.81. The van der Waals surface area contributed by atoms with Gasteiger partial charge in [0.05, 0.1) is 11.3 Å². The van der Waals surface area contributed by atoms with E-state index < -0.39 is 5.97 Å². The van der Waals surface area contributed by atoms with Crippen molar-refractivity contribution in [3.8, 4) is 0 Å². The number of carboxylic acids is 1. The minimum absolute atomic E-state index is 0.0830. The van der Waals surface area contributed by atoms with Crippen LogP contribution in [0.5, 0.6) is 0 Å². The van der Waals surface area contributed by atoms with Crippen molar-refractivity contribution in [3.05, 3.63) is 62.2 Å². The average molecular weight is 395 g/mol. The van der Waals surface area contributed by atoms with Crippen LogP contribution in [0.1, 0.15) is 31.8 Å². The summed E-state index contributed by atoms with van der Waals surface area (Å²) in [6.07, 6.45) is 0. The quantitative estimate of drug-likeness (QED) is 0.776. The zero-order valence-electron chi connectivity index (χ0n) is 11.6. The number of carboxylic acid groups (broad SMARTS) is 1. The molecule has 0 aliphatic rings. The Morgan fingerprint density at radius 2 is 1.67 bits per heavy atom. The number of anilines is 1. The van der Waals surface area contributed by atoms with Crippen molar-refractivity contribution in [2.24, 2.45) is 0 Å². The molecule has 0 saturated carbocycles. The summed E-state index contributed by atoms with van der Waals surface area (Å²) in [5.41, 5.74) is 2.87. The summed E-state index contributed by atoms with van der Waals surface area (Å²) in [5.74, 6) is -1.38. The number of rotatable bonds is 3. The van der Waals surface area contributed by atoms with Gasteiger partial charge in [0.15, 0.2) is 0 Å². The molecule has 0 radical (unpaired) electrons. The monoisotopic (exact) mass is 395 g/mol. The standard InChI is InChI=1S/C16H14INO3/c1-9-5-10(2)7-11(6-9)15(19)18-14-4-3-12(17)8-13(14)16(20)21/h3-8H,1-2H3,(H,18,19)(H,20,21). The Morgan fingerprint density at radius 3 is 2.24 bits per heavy atom. The number of carbonyl (C=O) groups is 2. The summed E-state index contributed by atoms with van der Waals surface area (Å²) in [5, 5.41) is 11.9. The first-order valence-electron chi connectivity index (χ1n) is 6.29.